The van der Waals surface area contributed by atoms with Gasteiger partial charge in [0.25, 0.3) is 0 Å². The largest absolute Gasteiger partial charge is 0.102 e. The summed E-state index contributed by atoms with van der Waals surface area (Å²) in [4.78, 5) is 0.428. The Morgan fingerprint density at radius 2 is 2.33 bits per heavy atom. The minimum absolute atomic E-state index is 0.428. The van der Waals surface area contributed by atoms with Gasteiger partial charge >= 0.3 is 0 Å². The van der Waals surface area contributed by atoms with E-state index in [0.717, 1.165) is 5.33 Å². The molecule has 0 bridgehead atoms. The summed E-state index contributed by atoms with van der Waals surface area (Å²) in [5, 5.41) is 0.941. The van der Waals surface area contributed by atoms with Gasteiger partial charge < -0.3 is 0 Å². The van der Waals surface area contributed by atoms with E-state index in [-0.39, 0.29) is 0 Å². The number of hydrogen-bond donors (Lipinski definition) is 0. The monoisotopic (exact) mass is 212 g/mol. The smallest absolute Gasteiger partial charge is 0.0419 e. The van der Waals surface area contributed by atoms with Crippen molar-refractivity contribution in [3.63, 3.8) is 0 Å². The average Bonchev–Trinajstić information content (AvgIpc) is 1.65. The molecule has 0 N–H and O–H groups in total. The van der Waals surface area contributed by atoms with Crippen molar-refractivity contribution in [3.05, 3.63) is 12.7 Å². The molecular weight excluding hydrogens is 208 g/mol. The third-order valence-corrected chi connectivity index (χ3v) is 2.67. The normalized spacial score (nSPS) is 13.7. The van der Waals surface area contributed by atoms with Crippen molar-refractivity contribution in [1.82, 2.24) is 0 Å². The Kier molecular flexibility index (Phi) is 4.33. The van der Waals surface area contributed by atoms with E-state index in [1.165, 1.54) is 0 Å². The summed E-state index contributed by atoms with van der Waals surface area (Å²) in [6.45, 7) is 3.55. The number of alkyl halides is 2. The predicted molar refractivity (Wildman–Crippen MR) is 36.7 cm³/mol. The molecule has 0 saturated heterocycles. The summed E-state index contributed by atoms with van der Waals surface area (Å²) >= 11 is 6.57. The Hall–Kier alpha value is 0.700. The summed E-state index contributed by atoms with van der Waals surface area (Å²) in [7, 11) is 0. The van der Waals surface area contributed by atoms with Crippen molar-refractivity contribution in [1.29, 1.82) is 0 Å². The number of rotatable bonds is 2. The van der Waals surface area contributed by atoms with Crippen LogP contribution < -0.4 is 0 Å². The Morgan fingerprint density at radius 1 is 1.83 bits per heavy atom. The summed E-state index contributed by atoms with van der Waals surface area (Å²) in [5.41, 5.74) is 0. The molecule has 0 radical (unpaired) electrons. The van der Waals surface area contributed by atoms with Crippen LogP contribution in [0.4, 0.5) is 0 Å². The van der Waals surface area contributed by atoms with E-state index >= 15 is 0 Å². The van der Waals surface area contributed by atoms with Crippen molar-refractivity contribution in [2.45, 2.75) is 4.83 Å². The van der Waals surface area contributed by atoms with Crippen LogP contribution in [-0.2, 0) is 0 Å². The first-order valence-electron chi connectivity index (χ1n) is 1.64. The van der Waals surface area contributed by atoms with Crippen LogP contribution in [0.3, 0.4) is 0 Å². The number of hydrogen-bond acceptors (Lipinski definition) is 0. The van der Waals surface area contributed by atoms with E-state index < -0.39 is 0 Å². The first-order chi connectivity index (χ1) is 2.81. The molecule has 0 aromatic rings. The fourth-order valence-electron chi connectivity index (χ4n) is 0.0630. The zero-order valence-electron chi connectivity index (χ0n) is 3.32. The minimum atomic E-state index is 0.428. The van der Waals surface area contributed by atoms with Gasteiger partial charge in [-0.25, -0.2) is 0 Å². The van der Waals surface area contributed by atoms with E-state index in [0.29, 0.717) is 4.83 Å². The predicted octanol–water partition coefficient (Wildman–Crippen LogP) is 2.33. The van der Waals surface area contributed by atoms with Crippen molar-refractivity contribution >= 4 is 31.9 Å². The molecule has 0 rings (SSSR count). The van der Waals surface area contributed by atoms with Gasteiger partial charge in [0.1, 0.15) is 0 Å². The van der Waals surface area contributed by atoms with Gasteiger partial charge in [-0.3, -0.25) is 0 Å². The Labute approximate surface area is 54.9 Å². The maximum Gasteiger partial charge on any atom is 0.0419 e. The first-order valence-corrected chi connectivity index (χ1v) is 3.67. The fraction of sp³-hybridized carbons (Fsp3) is 0.500. The van der Waals surface area contributed by atoms with Gasteiger partial charge in [0.2, 0.25) is 0 Å². The second-order valence-electron chi connectivity index (χ2n) is 0.906. The van der Waals surface area contributed by atoms with E-state index in [4.69, 9.17) is 0 Å². The molecule has 0 fully saturated rings. The Balaban J connectivity index is 2.96. The molecular formula is C4H6Br2. The van der Waals surface area contributed by atoms with Crippen LogP contribution in [0.5, 0.6) is 0 Å². The fourth-order valence-corrected chi connectivity index (χ4v) is 0.327. The lowest BCUT2D eigenvalue weighted by Gasteiger charge is -1.89. The molecule has 0 aliphatic carbocycles. The van der Waals surface area contributed by atoms with Gasteiger partial charge in [-0.1, -0.05) is 37.9 Å². The van der Waals surface area contributed by atoms with Gasteiger partial charge in [-0.2, -0.15) is 0 Å². The quantitative estimate of drug-likeness (QED) is 0.488. The molecule has 0 saturated carbocycles. The highest BCUT2D eigenvalue weighted by molar-refractivity contribution is 9.12. The van der Waals surface area contributed by atoms with Crippen molar-refractivity contribution in [3.8, 4) is 0 Å². The average molecular weight is 214 g/mol. The SMILES string of the molecule is C=CC(Br)CBr. The molecule has 0 heterocycles. The lowest BCUT2D eigenvalue weighted by Crippen LogP contribution is -1.89. The Morgan fingerprint density at radius 3 is 2.33 bits per heavy atom. The van der Waals surface area contributed by atoms with E-state index in [1.54, 1.807) is 0 Å². The molecule has 0 aromatic carbocycles. The second-order valence-corrected chi connectivity index (χ2v) is 2.73. The van der Waals surface area contributed by atoms with Gasteiger partial charge in [-0.15, -0.1) is 6.58 Å². The van der Waals surface area contributed by atoms with E-state index in [2.05, 4.69) is 38.4 Å². The number of halogens is 2. The van der Waals surface area contributed by atoms with Crippen molar-refractivity contribution in [2.75, 3.05) is 5.33 Å². The highest BCUT2D eigenvalue weighted by Crippen LogP contribution is 2.02. The second kappa shape index (κ2) is 3.88. The number of allylic oxidation sites excluding steroid dienone is 1. The first kappa shape index (κ1) is 6.70. The summed E-state index contributed by atoms with van der Waals surface area (Å²) in [6, 6.07) is 0. The van der Waals surface area contributed by atoms with Crippen LogP contribution >= 0.6 is 31.9 Å². The minimum Gasteiger partial charge on any atom is -0.102 e. The van der Waals surface area contributed by atoms with Crippen LogP contribution in [0.15, 0.2) is 12.7 Å². The Bertz CT molecular complexity index is 42.8. The van der Waals surface area contributed by atoms with Crippen LogP contribution in [0.25, 0.3) is 0 Å². The van der Waals surface area contributed by atoms with Crippen molar-refractivity contribution in [2.24, 2.45) is 0 Å². The van der Waals surface area contributed by atoms with Gasteiger partial charge in [0, 0.05) is 10.2 Å². The highest BCUT2D eigenvalue weighted by atomic mass is 79.9. The summed E-state index contributed by atoms with van der Waals surface area (Å²) in [6.07, 6.45) is 1.84. The molecule has 1 unspecified atom stereocenters. The lowest BCUT2D eigenvalue weighted by molar-refractivity contribution is 1.32. The molecule has 0 aromatic heterocycles. The summed E-state index contributed by atoms with van der Waals surface area (Å²) in [5.74, 6) is 0. The summed E-state index contributed by atoms with van der Waals surface area (Å²) < 4.78 is 0. The lowest BCUT2D eigenvalue weighted by atomic mass is 10.5. The van der Waals surface area contributed by atoms with E-state index in [1.807, 2.05) is 6.08 Å². The van der Waals surface area contributed by atoms with Gasteiger partial charge in [0.15, 0.2) is 0 Å². The molecule has 0 aliphatic rings. The van der Waals surface area contributed by atoms with Crippen LogP contribution in [-0.4, -0.2) is 10.2 Å². The molecule has 0 spiro atoms. The van der Waals surface area contributed by atoms with Gasteiger partial charge in [-0.05, 0) is 0 Å². The zero-order valence-corrected chi connectivity index (χ0v) is 6.50. The third kappa shape index (κ3) is 2.91. The molecule has 0 amide bonds. The van der Waals surface area contributed by atoms with Crippen LogP contribution in [0, 0.1) is 0 Å². The molecule has 36 valence electrons. The van der Waals surface area contributed by atoms with Crippen LogP contribution in [0.2, 0.25) is 0 Å². The zero-order chi connectivity index (χ0) is 4.99. The molecule has 6 heavy (non-hydrogen) atoms. The standard InChI is InChI=1S/C4H6Br2/c1-2-4(6)3-5/h2,4H,1,3H2. The van der Waals surface area contributed by atoms with Crippen molar-refractivity contribution < 1.29 is 0 Å². The molecule has 1 atom stereocenters. The van der Waals surface area contributed by atoms with E-state index in [9.17, 15) is 0 Å². The molecule has 2 heteroatoms. The topological polar surface area (TPSA) is 0 Å². The van der Waals surface area contributed by atoms with Crippen LogP contribution in [0.1, 0.15) is 0 Å². The maximum absolute atomic E-state index is 3.55. The maximum atomic E-state index is 3.55. The molecule has 0 aliphatic heterocycles. The third-order valence-electron chi connectivity index (χ3n) is 0.403. The highest BCUT2D eigenvalue weighted by Gasteiger charge is 1.88. The van der Waals surface area contributed by atoms with Gasteiger partial charge in [0.05, 0.1) is 0 Å². The molecule has 0 nitrogen and oxygen atoms in total.